The fourth-order valence-electron chi connectivity index (χ4n) is 6.84. The lowest BCUT2D eigenvalue weighted by molar-refractivity contribution is -0.136. The predicted octanol–water partition coefficient (Wildman–Crippen LogP) is 7.06. The van der Waals surface area contributed by atoms with Crippen molar-refractivity contribution in [1.29, 1.82) is 0 Å². The van der Waals surface area contributed by atoms with Crippen molar-refractivity contribution in [3.05, 3.63) is 70.4 Å². The Kier molecular flexibility index (Phi) is 8.54. The minimum absolute atomic E-state index is 0.0891. The fourth-order valence-corrected chi connectivity index (χ4v) is 6.96. The number of aromatic nitrogens is 2. The Morgan fingerprint density at radius 3 is 2.46 bits per heavy atom. The van der Waals surface area contributed by atoms with Crippen LogP contribution in [0.15, 0.2) is 48.7 Å². The largest absolute Gasteiger partial charge is 0.483 e. The van der Waals surface area contributed by atoms with E-state index in [1.165, 1.54) is 11.3 Å². The first kappa shape index (κ1) is 28.9. The normalized spacial score (nSPS) is 21.4. The molecule has 10 heteroatoms. The molecule has 1 N–H and O–H groups in total. The van der Waals surface area contributed by atoms with Crippen LogP contribution in [0.4, 0.5) is 19.3 Å². The first-order valence-electron chi connectivity index (χ1n) is 14.0. The molecule has 1 aliphatic carbocycles. The highest BCUT2D eigenvalue weighted by molar-refractivity contribution is 6.30. The van der Waals surface area contributed by atoms with Crippen LogP contribution >= 0.6 is 11.6 Å². The molecule has 0 radical (unpaired) electrons. The molecule has 2 aliphatic heterocycles. The van der Waals surface area contributed by atoms with Crippen molar-refractivity contribution >= 4 is 35.3 Å². The van der Waals surface area contributed by atoms with Gasteiger partial charge in [0.15, 0.2) is 5.78 Å². The van der Waals surface area contributed by atoms with Crippen molar-refractivity contribution in [2.24, 2.45) is 0 Å². The number of piperidine rings is 1. The summed E-state index contributed by atoms with van der Waals surface area (Å²) in [5, 5.41) is 8.03. The van der Waals surface area contributed by atoms with Gasteiger partial charge in [-0.05, 0) is 81.0 Å². The molecule has 216 valence electrons. The van der Waals surface area contributed by atoms with E-state index in [0.717, 1.165) is 54.6 Å². The second-order valence-electron chi connectivity index (χ2n) is 11.2. The third-order valence-electron chi connectivity index (χ3n) is 8.41. The maximum atomic E-state index is 13.6. The maximum Gasteiger partial charge on any atom is 0.483 e. The van der Waals surface area contributed by atoms with Gasteiger partial charge < -0.3 is 9.80 Å². The van der Waals surface area contributed by atoms with Crippen LogP contribution in [0.3, 0.4) is 0 Å². The molecule has 3 heterocycles. The molecule has 41 heavy (non-hydrogen) atoms. The number of carbonyl (C=O) groups excluding carboxylic acids is 3. The smallest absolute Gasteiger partial charge is 0.363 e. The minimum atomic E-state index is -2.83. The zero-order valence-electron chi connectivity index (χ0n) is 23.1. The molecule has 1 saturated heterocycles. The number of nitrogens with one attached hydrogen (secondary N) is 1. The molecule has 1 aromatic heterocycles. The average molecular weight is 583 g/mol. The Labute approximate surface area is 242 Å². The highest BCUT2D eigenvalue weighted by Gasteiger charge is 2.51. The molecule has 1 saturated carbocycles. The summed E-state index contributed by atoms with van der Waals surface area (Å²) in [6, 6.07) is 14.3. The molecule has 3 aliphatic rings. The monoisotopic (exact) mass is 582 g/mol. The minimum Gasteiger partial charge on any atom is -0.363 e. The molecule has 2 fully saturated rings. The molecule has 3 unspecified atom stereocenters. The van der Waals surface area contributed by atoms with Gasteiger partial charge in [0.1, 0.15) is 0 Å². The lowest BCUT2D eigenvalue weighted by atomic mass is 9.90. The highest BCUT2D eigenvalue weighted by atomic mass is 35.5. The molecule has 0 spiro atoms. The molecule has 3 atom stereocenters. The predicted molar refractivity (Wildman–Crippen MR) is 154 cm³/mol. The Balaban J connectivity index is 0.000000794. The summed E-state index contributed by atoms with van der Waals surface area (Å²) >= 11 is 6.05. The van der Waals surface area contributed by atoms with Crippen LogP contribution in [0.2, 0.25) is 5.02 Å². The summed E-state index contributed by atoms with van der Waals surface area (Å²) in [6.07, 6.45) is 4.01. The number of H-pyrrole nitrogens is 1. The molecule has 6 rings (SSSR count). The molecule has 1 amide bonds. The fraction of sp³-hybridized carbons (Fsp3) is 0.419. The summed E-state index contributed by atoms with van der Waals surface area (Å²) < 4.78 is 19.4. The zero-order chi connectivity index (χ0) is 29.3. The van der Waals surface area contributed by atoms with E-state index in [4.69, 9.17) is 16.4 Å². The van der Waals surface area contributed by atoms with Gasteiger partial charge in [0.2, 0.25) is 5.91 Å². The summed E-state index contributed by atoms with van der Waals surface area (Å²) in [5.41, 5.74) is 6.02. The van der Waals surface area contributed by atoms with Crippen LogP contribution in [0.1, 0.15) is 73.4 Å². The molecular formula is C31H33ClF2N4O3. The Bertz CT molecular complexity index is 1420. The quantitative estimate of drug-likeness (QED) is 0.248. The van der Waals surface area contributed by atoms with E-state index < -0.39 is 6.29 Å². The number of rotatable bonds is 6. The first-order valence-corrected chi connectivity index (χ1v) is 14.4. The topological polar surface area (TPSA) is 86.4 Å². The van der Waals surface area contributed by atoms with Crippen molar-refractivity contribution in [2.75, 3.05) is 11.4 Å². The van der Waals surface area contributed by atoms with Crippen molar-refractivity contribution in [1.82, 2.24) is 15.1 Å². The van der Waals surface area contributed by atoms with Crippen molar-refractivity contribution in [3.8, 4) is 11.3 Å². The lowest BCUT2D eigenvalue weighted by Crippen LogP contribution is -2.53. The number of hydrogen-bond donors (Lipinski definition) is 1. The van der Waals surface area contributed by atoms with Gasteiger partial charge in [0.25, 0.3) is 0 Å². The summed E-state index contributed by atoms with van der Waals surface area (Å²) in [5.74, 6) is 0.678. The molecule has 0 bridgehead atoms. The van der Waals surface area contributed by atoms with Crippen LogP contribution in [-0.2, 0) is 11.2 Å². The number of halogens is 3. The van der Waals surface area contributed by atoms with E-state index in [2.05, 4.69) is 39.9 Å². The Hall–Kier alpha value is -3.59. The number of hydrogen-bond acceptors (Lipinski definition) is 5. The molecule has 2 aromatic carbocycles. The van der Waals surface area contributed by atoms with Gasteiger partial charge in [0, 0.05) is 53.7 Å². The standard InChI is InChI=1S/C30H33ClN4O2.CF2O/c1-18(2)35-29-23(22-10-11-26(30(22)35)34-14-4-3-5-28(34)37)16-20(17-24(29)25-12-13-32-33-25)27(36)15-19-6-8-21(31)9-7-19;2-1(3)4/h6-9,12-13,16-18,22,26,30H,3-5,10-11,14-15H2,1-2H3,(H,32,33);. The van der Waals surface area contributed by atoms with Gasteiger partial charge in [-0.3, -0.25) is 14.7 Å². The van der Waals surface area contributed by atoms with Gasteiger partial charge >= 0.3 is 6.29 Å². The van der Waals surface area contributed by atoms with Crippen LogP contribution in [0, 0.1) is 0 Å². The number of benzene rings is 2. The van der Waals surface area contributed by atoms with E-state index in [9.17, 15) is 18.4 Å². The Morgan fingerprint density at radius 1 is 1.10 bits per heavy atom. The van der Waals surface area contributed by atoms with E-state index in [0.29, 0.717) is 29.7 Å². The SMILES string of the molecule is CC(C)N1c2c(-c3ccn[nH]3)cc(C(=O)Cc3ccc(Cl)cc3)cc2C2CCC(N3CCCCC3=O)C21.O=C(F)F. The average Bonchev–Trinajstić information content (AvgIpc) is 3.67. The van der Waals surface area contributed by atoms with Gasteiger partial charge in [-0.2, -0.15) is 5.10 Å². The van der Waals surface area contributed by atoms with Crippen LogP contribution in [0.5, 0.6) is 0 Å². The summed E-state index contributed by atoms with van der Waals surface area (Å²) in [6.45, 7) is 5.32. The van der Waals surface area contributed by atoms with Crippen LogP contribution in [-0.4, -0.2) is 57.7 Å². The number of aromatic amines is 1. The number of fused-ring (bicyclic) bond motifs is 3. The molecular weight excluding hydrogens is 550 g/mol. The van der Waals surface area contributed by atoms with Gasteiger partial charge in [-0.25, -0.2) is 4.79 Å². The second kappa shape index (κ2) is 12.1. The van der Waals surface area contributed by atoms with Gasteiger partial charge in [-0.1, -0.05) is 23.7 Å². The van der Waals surface area contributed by atoms with Crippen LogP contribution < -0.4 is 4.90 Å². The second-order valence-corrected chi connectivity index (χ2v) is 11.6. The molecule has 7 nitrogen and oxygen atoms in total. The number of nitrogens with zero attached hydrogens (tertiary/aromatic N) is 3. The van der Waals surface area contributed by atoms with Crippen molar-refractivity contribution in [2.45, 2.75) is 76.4 Å². The highest BCUT2D eigenvalue weighted by Crippen LogP contribution is 2.55. The summed E-state index contributed by atoms with van der Waals surface area (Å²) in [4.78, 5) is 39.3. The lowest BCUT2D eigenvalue weighted by Gasteiger charge is -2.42. The van der Waals surface area contributed by atoms with E-state index in [-0.39, 0.29) is 23.9 Å². The van der Waals surface area contributed by atoms with E-state index >= 15 is 0 Å². The first-order chi connectivity index (χ1) is 19.7. The third kappa shape index (κ3) is 5.91. The van der Waals surface area contributed by atoms with Gasteiger partial charge in [0.05, 0.1) is 23.5 Å². The van der Waals surface area contributed by atoms with Crippen molar-refractivity contribution < 1.29 is 23.2 Å². The number of likely N-dealkylation sites (tertiary alicyclic amines) is 1. The van der Waals surface area contributed by atoms with Crippen LogP contribution in [0.25, 0.3) is 11.3 Å². The number of ketones is 1. The number of Topliss-reactive ketones (excluding diaryl/α,β-unsaturated/α-hetero) is 1. The van der Waals surface area contributed by atoms with Crippen molar-refractivity contribution in [3.63, 3.8) is 0 Å². The maximum absolute atomic E-state index is 13.6. The van der Waals surface area contributed by atoms with Gasteiger partial charge in [-0.15, -0.1) is 8.78 Å². The molecule has 3 aromatic rings. The summed E-state index contributed by atoms with van der Waals surface area (Å²) in [7, 11) is 0. The number of amides is 1. The number of carbonyl (C=O) groups is 3. The van der Waals surface area contributed by atoms with E-state index in [1.54, 1.807) is 6.20 Å². The third-order valence-corrected chi connectivity index (χ3v) is 8.66. The van der Waals surface area contributed by atoms with E-state index in [1.807, 2.05) is 36.4 Å². The Morgan fingerprint density at radius 2 is 1.83 bits per heavy atom. The zero-order valence-corrected chi connectivity index (χ0v) is 23.8. The number of anilines is 1.